The van der Waals surface area contributed by atoms with Crippen LogP contribution in [0.15, 0.2) is 12.3 Å². The molecule has 0 aliphatic carbocycles. The number of ether oxygens (including phenoxy) is 1. The van der Waals surface area contributed by atoms with Crippen molar-refractivity contribution >= 4 is 5.95 Å². The van der Waals surface area contributed by atoms with E-state index in [1.165, 1.54) is 0 Å². The molecule has 0 fully saturated rings. The van der Waals surface area contributed by atoms with Gasteiger partial charge in [0.1, 0.15) is 0 Å². The molecule has 0 amide bonds. The van der Waals surface area contributed by atoms with Gasteiger partial charge in [-0.1, -0.05) is 5.92 Å². The summed E-state index contributed by atoms with van der Waals surface area (Å²) in [7, 11) is 1.55. The lowest BCUT2D eigenvalue weighted by Gasteiger charge is -2.07. The highest BCUT2D eigenvalue weighted by molar-refractivity contribution is 5.31. The van der Waals surface area contributed by atoms with Crippen molar-refractivity contribution in [3.8, 4) is 18.2 Å². The van der Waals surface area contributed by atoms with E-state index in [4.69, 9.17) is 11.2 Å². The van der Waals surface area contributed by atoms with Crippen molar-refractivity contribution in [3.63, 3.8) is 0 Å². The van der Waals surface area contributed by atoms with Gasteiger partial charge in [0.25, 0.3) is 0 Å². The molecule has 1 rings (SSSR count). The fourth-order valence-corrected chi connectivity index (χ4v) is 0.761. The first-order valence-corrected chi connectivity index (χ1v) is 3.86. The van der Waals surface area contributed by atoms with Gasteiger partial charge in [0.2, 0.25) is 11.8 Å². The Bertz CT molecular complexity index is 319. The Hall–Kier alpha value is -1.76. The zero-order valence-corrected chi connectivity index (χ0v) is 7.61. The number of methoxy groups -OCH3 is 1. The standard InChI is InChI=1S/C9H11N3O/c1-4-7(2)11-9-10-6-5-8(12-9)13-3/h1,5-7H,2-3H3,(H,10,11,12). The van der Waals surface area contributed by atoms with Crippen molar-refractivity contribution < 1.29 is 4.74 Å². The highest BCUT2D eigenvalue weighted by atomic mass is 16.5. The summed E-state index contributed by atoms with van der Waals surface area (Å²) in [6.45, 7) is 1.85. The summed E-state index contributed by atoms with van der Waals surface area (Å²) < 4.78 is 4.93. The molecule has 0 aromatic carbocycles. The number of nitrogens with zero attached hydrogens (tertiary/aromatic N) is 2. The molecule has 0 aliphatic heterocycles. The van der Waals surface area contributed by atoms with E-state index in [-0.39, 0.29) is 6.04 Å². The van der Waals surface area contributed by atoms with Crippen molar-refractivity contribution in [2.75, 3.05) is 12.4 Å². The lowest BCUT2D eigenvalue weighted by Crippen LogP contribution is -2.14. The van der Waals surface area contributed by atoms with Crippen LogP contribution in [0, 0.1) is 12.3 Å². The van der Waals surface area contributed by atoms with Crippen LogP contribution < -0.4 is 10.1 Å². The second-order valence-electron chi connectivity index (χ2n) is 2.46. The van der Waals surface area contributed by atoms with Crippen molar-refractivity contribution in [3.05, 3.63) is 12.3 Å². The van der Waals surface area contributed by atoms with Crippen LogP contribution in [-0.2, 0) is 0 Å². The number of hydrogen-bond donors (Lipinski definition) is 1. The minimum Gasteiger partial charge on any atom is -0.481 e. The first-order chi connectivity index (χ1) is 6.26. The maximum atomic E-state index is 5.19. The second kappa shape index (κ2) is 4.31. The van der Waals surface area contributed by atoms with Crippen LogP contribution in [0.4, 0.5) is 5.95 Å². The van der Waals surface area contributed by atoms with E-state index >= 15 is 0 Å². The van der Waals surface area contributed by atoms with E-state index in [2.05, 4.69) is 21.2 Å². The predicted molar refractivity (Wildman–Crippen MR) is 50.5 cm³/mol. The molecule has 1 unspecified atom stereocenters. The average molecular weight is 177 g/mol. The zero-order chi connectivity index (χ0) is 9.68. The largest absolute Gasteiger partial charge is 0.481 e. The lowest BCUT2D eigenvalue weighted by molar-refractivity contribution is 0.397. The molecule has 0 aliphatic rings. The minimum absolute atomic E-state index is 0.0906. The van der Waals surface area contributed by atoms with Gasteiger partial charge >= 0.3 is 0 Å². The smallest absolute Gasteiger partial charge is 0.226 e. The van der Waals surface area contributed by atoms with Crippen molar-refractivity contribution in [2.24, 2.45) is 0 Å². The summed E-state index contributed by atoms with van der Waals surface area (Å²) in [5.74, 6) is 3.51. The Morgan fingerprint density at radius 3 is 3.08 bits per heavy atom. The first-order valence-electron chi connectivity index (χ1n) is 3.86. The summed E-state index contributed by atoms with van der Waals surface area (Å²) in [5, 5.41) is 2.93. The van der Waals surface area contributed by atoms with Crippen LogP contribution in [0.2, 0.25) is 0 Å². The molecule has 0 spiro atoms. The summed E-state index contributed by atoms with van der Waals surface area (Å²) in [6.07, 6.45) is 6.80. The van der Waals surface area contributed by atoms with Crippen LogP contribution in [-0.4, -0.2) is 23.1 Å². The number of hydrogen-bond acceptors (Lipinski definition) is 4. The predicted octanol–water partition coefficient (Wildman–Crippen LogP) is 0.919. The molecule has 1 aromatic heterocycles. The SMILES string of the molecule is C#CC(C)Nc1nccc(OC)n1. The van der Waals surface area contributed by atoms with Crippen LogP contribution >= 0.6 is 0 Å². The molecule has 0 saturated heterocycles. The maximum Gasteiger partial charge on any atom is 0.226 e. The normalized spacial score (nSPS) is 11.5. The molecule has 4 heteroatoms. The maximum absolute atomic E-state index is 5.19. The third-order valence-electron chi connectivity index (χ3n) is 1.43. The Kier molecular flexibility index (Phi) is 3.09. The summed E-state index contributed by atoms with van der Waals surface area (Å²) in [4.78, 5) is 8.02. The molecule has 1 atom stereocenters. The van der Waals surface area contributed by atoms with E-state index in [0.29, 0.717) is 11.8 Å². The second-order valence-corrected chi connectivity index (χ2v) is 2.46. The Morgan fingerprint density at radius 2 is 2.46 bits per heavy atom. The number of rotatable bonds is 3. The van der Waals surface area contributed by atoms with Gasteiger partial charge in [-0.25, -0.2) is 4.98 Å². The fraction of sp³-hybridized carbons (Fsp3) is 0.333. The number of anilines is 1. The Balaban J connectivity index is 2.73. The number of terminal acetylenes is 1. The number of nitrogens with one attached hydrogen (secondary N) is 1. The quantitative estimate of drug-likeness (QED) is 0.697. The molecule has 0 bridgehead atoms. The van der Waals surface area contributed by atoms with Crippen LogP contribution in [0.25, 0.3) is 0 Å². The fourth-order valence-electron chi connectivity index (χ4n) is 0.761. The van der Waals surface area contributed by atoms with E-state index in [0.717, 1.165) is 0 Å². The lowest BCUT2D eigenvalue weighted by atomic mass is 10.4. The monoisotopic (exact) mass is 177 g/mol. The third-order valence-corrected chi connectivity index (χ3v) is 1.43. The van der Waals surface area contributed by atoms with Crippen molar-refractivity contribution in [1.29, 1.82) is 0 Å². The van der Waals surface area contributed by atoms with Gasteiger partial charge < -0.3 is 10.1 Å². The van der Waals surface area contributed by atoms with E-state index in [9.17, 15) is 0 Å². The molecule has 1 N–H and O–H groups in total. The molecule has 0 radical (unpaired) electrons. The number of aromatic nitrogens is 2. The summed E-state index contributed by atoms with van der Waals surface area (Å²) in [5.41, 5.74) is 0. The van der Waals surface area contributed by atoms with Gasteiger partial charge in [-0.05, 0) is 6.92 Å². The average Bonchev–Trinajstić information content (AvgIpc) is 2.18. The van der Waals surface area contributed by atoms with Gasteiger partial charge in [-0.15, -0.1) is 6.42 Å². The zero-order valence-electron chi connectivity index (χ0n) is 7.61. The summed E-state index contributed by atoms with van der Waals surface area (Å²) in [6, 6.07) is 1.58. The van der Waals surface area contributed by atoms with E-state index < -0.39 is 0 Å². The molecule has 1 aromatic rings. The Labute approximate surface area is 77.4 Å². The molecule has 13 heavy (non-hydrogen) atoms. The molecular formula is C9H11N3O. The van der Waals surface area contributed by atoms with Gasteiger partial charge in [-0.2, -0.15) is 4.98 Å². The molecule has 0 saturated carbocycles. The minimum atomic E-state index is -0.0906. The highest BCUT2D eigenvalue weighted by Crippen LogP contribution is 2.07. The molecule has 68 valence electrons. The van der Waals surface area contributed by atoms with Gasteiger partial charge in [0, 0.05) is 12.3 Å². The third kappa shape index (κ3) is 2.64. The van der Waals surface area contributed by atoms with Gasteiger partial charge in [0.15, 0.2) is 0 Å². The van der Waals surface area contributed by atoms with Crippen LogP contribution in [0.5, 0.6) is 5.88 Å². The van der Waals surface area contributed by atoms with Gasteiger partial charge in [-0.3, -0.25) is 0 Å². The molecule has 1 heterocycles. The highest BCUT2D eigenvalue weighted by Gasteiger charge is 2.00. The topological polar surface area (TPSA) is 47.0 Å². The van der Waals surface area contributed by atoms with Crippen LogP contribution in [0.1, 0.15) is 6.92 Å². The van der Waals surface area contributed by atoms with Crippen LogP contribution in [0.3, 0.4) is 0 Å². The van der Waals surface area contributed by atoms with Gasteiger partial charge in [0.05, 0.1) is 13.2 Å². The molecule has 4 nitrogen and oxygen atoms in total. The van der Waals surface area contributed by atoms with E-state index in [1.807, 2.05) is 6.92 Å². The Morgan fingerprint density at radius 1 is 1.69 bits per heavy atom. The molecular weight excluding hydrogens is 166 g/mol. The summed E-state index contributed by atoms with van der Waals surface area (Å²) >= 11 is 0. The van der Waals surface area contributed by atoms with Crippen molar-refractivity contribution in [2.45, 2.75) is 13.0 Å². The first kappa shape index (κ1) is 9.33. The van der Waals surface area contributed by atoms with Crippen molar-refractivity contribution in [1.82, 2.24) is 9.97 Å². The van der Waals surface area contributed by atoms with E-state index in [1.54, 1.807) is 19.4 Å².